The maximum atomic E-state index is 12.0. The van der Waals surface area contributed by atoms with Crippen LogP contribution in [0.1, 0.15) is 33.1 Å². The van der Waals surface area contributed by atoms with Crippen molar-refractivity contribution in [1.82, 2.24) is 10.3 Å². The molecule has 1 unspecified atom stereocenters. The van der Waals surface area contributed by atoms with Crippen molar-refractivity contribution in [3.8, 4) is 0 Å². The second-order valence-corrected chi connectivity index (χ2v) is 6.06. The number of piperidine rings is 1. The van der Waals surface area contributed by atoms with Crippen molar-refractivity contribution in [1.29, 1.82) is 0 Å². The molecule has 0 radical (unpaired) electrons. The Morgan fingerprint density at radius 2 is 1.89 bits per heavy atom. The molecule has 0 aliphatic carbocycles. The van der Waals surface area contributed by atoms with Gasteiger partial charge in [-0.25, -0.2) is 5.84 Å². The summed E-state index contributed by atoms with van der Waals surface area (Å²) in [6, 6.07) is 0. The van der Waals surface area contributed by atoms with Crippen molar-refractivity contribution in [2.45, 2.75) is 38.4 Å². The number of hydrazine groups is 1. The molecule has 1 atom stereocenters. The number of likely N-dealkylation sites (tertiary alicyclic amines) is 1. The number of nitrogens with zero attached hydrogens (tertiary/aromatic N) is 1. The predicted molar refractivity (Wildman–Crippen MR) is 73.8 cm³/mol. The SMILES string of the molecule is CC(C)C(SCC(=O)N1CCCCC1)C(=O)NN. The monoisotopic (exact) mass is 273 g/mol. The Balaban J connectivity index is 2.41. The standard InChI is InChI=1S/C12H23N3O2S/c1-9(2)11(12(17)14-13)18-8-10(16)15-6-4-3-5-7-15/h9,11H,3-8,13H2,1-2H3,(H,14,17). The molecule has 2 amide bonds. The van der Waals surface area contributed by atoms with Gasteiger partial charge in [0.05, 0.1) is 11.0 Å². The van der Waals surface area contributed by atoms with E-state index in [9.17, 15) is 9.59 Å². The average Bonchev–Trinajstić information content (AvgIpc) is 2.39. The first-order chi connectivity index (χ1) is 8.56. The van der Waals surface area contributed by atoms with Gasteiger partial charge >= 0.3 is 0 Å². The van der Waals surface area contributed by atoms with Crippen molar-refractivity contribution in [3.63, 3.8) is 0 Å². The van der Waals surface area contributed by atoms with E-state index in [-0.39, 0.29) is 23.0 Å². The minimum atomic E-state index is -0.260. The van der Waals surface area contributed by atoms with Gasteiger partial charge in [-0.3, -0.25) is 15.0 Å². The highest BCUT2D eigenvalue weighted by Crippen LogP contribution is 2.21. The number of hydrogen-bond donors (Lipinski definition) is 2. The molecule has 1 aliphatic rings. The summed E-state index contributed by atoms with van der Waals surface area (Å²) in [5.41, 5.74) is 2.17. The Morgan fingerprint density at radius 1 is 1.28 bits per heavy atom. The van der Waals surface area contributed by atoms with E-state index in [1.165, 1.54) is 18.2 Å². The van der Waals surface area contributed by atoms with Gasteiger partial charge in [0.25, 0.3) is 0 Å². The zero-order valence-electron chi connectivity index (χ0n) is 11.1. The van der Waals surface area contributed by atoms with E-state index < -0.39 is 0 Å². The third-order valence-electron chi connectivity index (χ3n) is 3.10. The van der Waals surface area contributed by atoms with Gasteiger partial charge in [0.2, 0.25) is 11.8 Å². The first-order valence-electron chi connectivity index (χ1n) is 6.46. The lowest BCUT2D eigenvalue weighted by Crippen LogP contribution is -2.42. The van der Waals surface area contributed by atoms with Crippen LogP contribution in [0, 0.1) is 5.92 Å². The minimum Gasteiger partial charge on any atom is -0.342 e. The summed E-state index contributed by atoms with van der Waals surface area (Å²) >= 11 is 1.38. The maximum absolute atomic E-state index is 12.0. The molecule has 6 heteroatoms. The lowest BCUT2D eigenvalue weighted by atomic mass is 10.1. The molecular weight excluding hydrogens is 250 g/mol. The summed E-state index contributed by atoms with van der Waals surface area (Å²) in [7, 11) is 0. The molecule has 0 aromatic carbocycles. The highest BCUT2D eigenvalue weighted by atomic mass is 32.2. The lowest BCUT2D eigenvalue weighted by molar-refractivity contribution is -0.129. The van der Waals surface area contributed by atoms with Crippen LogP contribution in [0.4, 0.5) is 0 Å². The van der Waals surface area contributed by atoms with Gasteiger partial charge < -0.3 is 4.90 Å². The van der Waals surface area contributed by atoms with Crippen molar-refractivity contribution < 1.29 is 9.59 Å². The number of amides is 2. The summed E-state index contributed by atoms with van der Waals surface area (Å²) in [5.74, 6) is 5.60. The highest BCUT2D eigenvalue weighted by molar-refractivity contribution is 8.01. The normalized spacial score (nSPS) is 17.7. The summed E-state index contributed by atoms with van der Waals surface area (Å²) < 4.78 is 0. The first kappa shape index (κ1) is 15.3. The van der Waals surface area contributed by atoms with Crippen LogP contribution >= 0.6 is 11.8 Å². The predicted octanol–water partition coefficient (Wildman–Crippen LogP) is 0.747. The van der Waals surface area contributed by atoms with Gasteiger partial charge in [-0.1, -0.05) is 13.8 Å². The topological polar surface area (TPSA) is 75.4 Å². The van der Waals surface area contributed by atoms with Crippen molar-refractivity contribution in [3.05, 3.63) is 0 Å². The summed E-state index contributed by atoms with van der Waals surface area (Å²) in [5, 5.41) is -0.260. The Kier molecular flexibility index (Phi) is 6.49. The zero-order chi connectivity index (χ0) is 13.5. The van der Waals surface area contributed by atoms with Crippen LogP contribution in [0.3, 0.4) is 0 Å². The number of nitrogens with two attached hydrogens (primary N) is 1. The van der Waals surface area contributed by atoms with Crippen LogP contribution in [-0.2, 0) is 9.59 Å². The largest absolute Gasteiger partial charge is 0.342 e. The van der Waals surface area contributed by atoms with Crippen LogP contribution in [-0.4, -0.2) is 40.8 Å². The van der Waals surface area contributed by atoms with Crippen LogP contribution in [0.25, 0.3) is 0 Å². The minimum absolute atomic E-state index is 0.134. The molecule has 0 spiro atoms. The van der Waals surface area contributed by atoms with E-state index in [2.05, 4.69) is 5.43 Å². The van der Waals surface area contributed by atoms with Gasteiger partial charge in [0.15, 0.2) is 0 Å². The molecule has 0 aromatic rings. The second kappa shape index (κ2) is 7.63. The average molecular weight is 273 g/mol. The second-order valence-electron chi connectivity index (χ2n) is 4.93. The third kappa shape index (κ3) is 4.49. The molecule has 3 N–H and O–H groups in total. The quantitative estimate of drug-likeness (QED) is 0.440. The van der Waals surface area contributed by atoms with Crippen molar-refractivity contribution >= 4 is 23.6 Å². The number of nitrogens with one attached hydrogen (secondary N) is 1. The molecule has 0 bridgehead atoms. The smallest absolute Gasteiger partial charge is 0.247 e. The maximum Gasteiger partial charge on any atom is 0.247 e. The molecule has 1 aliphatic heterocycles. The Hall–Kier alpha value is -0.750. The summed E-state index contributed by atoms with van der Waals surface area (Å²) in [6.07, 6.45) is 3.39. The molecule has 0 saturated carbocycles. The van der Waals surface area contributed by atoms with E-state index in [0.717, 1.165) is 25.9 Å². The third-order valence-corrected chi connectivity index (χ3v) is 4.63. The molecule has 1 saturated heterocycles. The Bertz CT molecular complexity index is 291. The molecule has 5 nitrogen and oxygen atoms in total. The van der Waals surface area contributed by atoms with Crippen LogP contribution < -0.4 is 11.3 Å². The van der Waals surface area contributed by atoms with Gasteiger partial charge in [0.1, 0.15) is 0 Å². The van der Waals surface area contributed by atoms with Gasteiger partial charge in [-0.15, -0.1) is 11.8 Å². The molecule has 1 rings (SSSR count). The van der Waals surface area contributed by atoms with E-state index in [1.807, 2.05) is 18.7 Å². The number of hydrogen-bond acceptors (Lipinski definition) is 4. The number of carbonyl (C=O) groups excluding carboxylic acids is 2. The van der Waals surface area contributed by atoms with Crippen molar-refractivity contribution in [2.75, 3.05) is 18.8 Å². The van der Waals surface area contributed by atoms with Crippen LogP contribution in [0.2, 0.25) is 0 Å². The molecule has 0 aromatic heterocycles. The fourth-order valence-corrected chi connectivity index (χ4v) is 3.16. The fourth-order valence-electron chi connectivity index (χ4n) is 2.05. The van der Waals surface area contributed by atoms with Crippen LogP contribution in [0.15, 0.2) is 0 Å². The van der Waals surface area contributed by atoms with E-state index in [1.54, 1.807) is 0 Å². The molecule has 104 valence electrons. The van der Waals surface area contributed by atoms with Gasteiger partial charge in [0, 0.05) is 13.1 Å². The van der Waals surface area contributed by atoms with Crippen LogP contribution in [0.5, 0.6) is 0 Å². The zero-order valence-corrected chi connectivity index (χ0v) is 12.0. The highest BCUT2D eigenvalue weighted by Gasteiger charge is 2.24. The van der Waals surface area contributed by atoms with E-state index in [0.29, 0.717) is 5.75 Å². The molecule has 18 heavy (non-hydrogen) atoms. The number of thioether (sulfide) groups is 1. The fraction of sp³-hybridized carbons (Fsp3) is 0.833. The molecule has 1 heterocycles. The molecular formula is C12H23N3O2S. The van der Waals surface area contributed by atoms with Crippen molar-refractivity contribution in [2.24, 2.45) is 11.8 Å². The number of carbonyl (C=O) groups is 2. The Labute approximate surface area is 113 Å². The van der Waals surface area contributed by atoms with Gasteiger partial charge in [-0.05, 0) is 25.2 Å². The summed E-state index contributed by atoms with van der Waals surface area (Å²) in [4.78, 5) is 25.4. The van der Waals surface area contributed by atoms with E-state index in [4.69, 9.17) is 5.84 Å². The van der Waals surface area contributed by atoms with E-state index >= 15 is 0 Å². The van der Waals surface area contributed by atoms with Gasteiger partial charge in [-0.2, -0.15) is 0 Å². The molecule has 1 fully saturated rings. The Morgan fingerprint density at radius 3 is 2.39 bits per heavy atom. The first-order valence-corrected chi connectivity index (χ1v) is 7.51. The number of rotatable bonds is 5. The summed E-state index contributed by atoms with van der Waals surface area (Å²) in [6.45, 7) is 5.63. The lowest BCUT2D eigenvalue weighted by Gasteiger charge is -2.27.